The third-order valence-corrected chi connectivity index (χ3v) is 3.09. The van der Waals surface area contributed by atoms with Gasteiger partial charge in [0.1, 0.15) is 5.82 Å². The molecule has 0 saturated heterocycles. The first-order chi connectivity index (χ1) is 9.08. The summed E-state index contributed by atoms with van der Waals surface area (Å²) in [6, 6.07) is 2.83. The number of carbonyl (C=O) groups is 1. The number of rotatable bonds is 4. The van der Waals surface area contributed by atoms with Crippen molar-refractivity contribution in [1.29, 1.82) is 0 Å². The summed E-state index contributed by atoms with van der Waals surface area (Å²) in [6.07, 6.45) is 1.58. The molecule has 0 unspecified atom stereocenters. The molecule has 1 heterocycles. The fraction of sp³-hybridized carbons (Fsp3) is 0.0909. The number of benzene rings is 1. The summed E-state index contributed by atoms with van der Waals surface area (Å²) in [5.74, 6) is -1.50. The van der Waals surface area contributed by atoms with E-state index in [4.69, 9.17) is 0 Å². The maximum absolute atomic E-state index is 13.5. The molecular formula is C11H8FN3O3S. The van der Waals surface area contributed by atoms with Gasteiger partial charge in [0.15, 0.2) is 0 Å². The fourth-order valence-electron chi connectivity index (χ4n) is 1.39. The van der Waals surface area contributed by atoms with Gasteiger partial charge in [-0.2, -0.15) is 0 Å². The highest BCUT2D eigenvalue weighted by Gasteiger charge is 2.16. The van der Waals surface area contributed by atoms with Crippen molar-refractivity contribution in [3.05, 3.63) is 56.3 Å². The average molecular weight is 281 g/mol. The van der Waals surface area contributed by atoms with E-state index in [0.717, 1.165) is 23.1 Å². The molecule has 1 aromatic heterocycles. The zero-order valence-corrected chi connectivity index (χ0v) is 10.3. The number of hydrogen-bond donors (Lipinski definition) is 1. The summed E-state index contributed by atoms with van der Waals surface area (Å²) >= 11 is 1.34. The van der Waals surface area contributed by atoms with Crippen molar-refractivity contribution in [3.8, 4) is 0 Å². The van der Waals surface area contributed by atoms with Crippen molar-refractivity contribution < 1.29 is 14.1 Å². The van der Waals surface area contributed by atoms with Gasteiger partial charge in [-0.3, -0.25) is 19.9 Å². The molecule has 0 aliphatic carbocycles. The predicted molar refractivity (Wildman–Crippen MR) is 66.3 cm³/mol. The summed E-state index contributed by atoms with van der Waals surface area (Å²) in [4.78, 5) is 26.3. The number of nitrogens with zero attached hydrogens (tertiary/aromatic N) is 2. The minimum atomic E-state index is -0.799. The van der Waals surface area contributed by atoms with Crippen molar-refractivity contribution in [3.63, 3.8) is 0 Å². The van der Waals surface area contributed by atoms with Crippen LogP contribution in [0.25, 0.3) is 0 Å². The Kier molecular flexibility index (Phi) is 3.81. The lowest BCUT2D eigenvalue weighted by Gasteiger charge is -2.04. The van der Waals surface area contributed by atoms with Crippen LogP contribution in [-0.2, 0) is 6.54 Å². The van der Waals surface area contributed by atoms with Crippen molar-refractivity contribution >= 4 is 22.9 Å². The molecule has 6 nitrogen and oxygen atoms in total. The number of aromatic nitrogens is 1. The number of carbonyl (C=O) groups excluding carboxylic acids is 1. The summed E-state index contributed by atoms with van der Waals surface area (Å²) in [6.45, 7) is 0.200. The Morgan fingerprint density at radius 2 is 2.32 bits per heavy atom. The third-order valence-electron chi connectivity index (χ3n) is 2.31. The van der Waals surface area contributed by atoms with E-state index in [0.29, 0.717) is 0 Å². The summed E-state index contributed by atoms with van der Waals surface area (Å²) in [5.41, 5.74) is 0.929. The highest BCUT2D eigenvalue weighted by molar-refractivity contribution is 7.09. The van der Waals surface area contributed by atoms with Gasteiger partial charge in [-0.25, -0.2) is 4.39 Å². The van der Waals surface area contributed by atoms with Crippen LogP contribution < -0.4 is 5.32 Å². The van der Waals surface area contributed by atoms with Crippen LogP contribution >= 0.6 is 11.3 Å². The van der Waals surface area contributed by atoms with Crippen LogP contribution in [0.3, 0.4) is 0 Å². The summed E-state index contributed by atoms with van der Waals surface area (Å²) in [5, 5.41) is 13.1. The number of nitro benzene ring substituents is 1. The first-order valence-corrected chi connectivity index (χ1v) is 6.05. The molecule has 1 amide bonds. The minimum absolute atomic E-state index is 0.200. The van der Waals surface area contributed by atoms with Crippen LogP contribution in [0.5, 0.6) is 0 Å². The van der Waals surface area contributed by atoms with Gasteiger partial charge in [0.05, 0.1) is 22.5 Å². The second-order valence-electron chi connectivity index (χ2n) is 3.57. The molecule has 0 saturated carbocycles. The summed E-state index contributed by atoms with van der Waals surface area (Å²) < 4.78 is 13.5. The minimum Gasteiger partial charge on any atom is -0.347 e. The Balaban J connectivity index is 2.14. The molecule has 0 aliphatic heterocycles. The molecule has 2 aromatic rings. The molecular weight excluding hydrogens is 273 g/mol. The Hall–Kier alpha value is -2.35. The molecule has 0 aliphatic rings. The number of amides is 1. The van der Waals surface area contributed by atoms with Gasteiger partial charge in [0.2, 0.25) is 0 Å². The van der Waals surface area contributed by atoms with Crippen LogP contribution in [0.1, 0.15) is 15.2 Å². The Labute approximate surface area is 111 Å². The molecule has 19 heavy (non-hydrogen) atoms. The molecule has 8 heteroatoms. The SMILES string of the molecule is O=C(NCc1cncs1)c1cc([N+](=O)[O-])ccc1F. The lowest BCUT2D eigenvalue weighted by Crippen LogP contribution is -2.23. The highest BCUT2D eigenvalue weighted by atomic mass is 32.1. The van der Waals surface area contributed by atoms with E-state index in [1.165, 1.54) is 11.3 Å². The van der Waals surface area contributed by atoms with Crippen LogP contribution in [0.4, 0.5) is 10.1 Å². The van der Waals surface area contributed by atoms with Gasteiger partial charge < -0.3 is 5.32 Å². The average Bonchev–Trinajstić information content (AvgIpc) is 2.89. The Morgan fingerprint density at radius 1 is 1.53 bits per heavy atom. The first-order valence-electron chi connectivity index (χ1n) is 5.17. The molecule has 0 atom stereocenters. The molecule has 0 radical (unpaired) electrons. The van der Waals surface area contributed by atoms with Crippen molar-refractivity contribution in [2.24, 2.45) is 0 Å². The van der Waals surface area contributed by atoms with Crippen LogP contribution in [0.2, 0.25) is 0 Å². The second-order valence-corrected chi connectivity index (χ2v) is 4.54. The van der Waals surface area contributed by atoms with E-state index in [9.17, 15) is 19.3 Å². The number of non-ortho nitro benzene ring substituents is 1. The molecule has 1 N–H and O–H groups in total. The number of hydrogen-bond acceptors (Lipinski definition) is 5. The van der Waals surface area contributed by atoms with Gasteiger partial charge in [-0.15, -0.1) is 11.3 Å². The van der Waals surface area contributed by atoms with E-state index < -0.39 is 16.6 Å². The van der Waals surface area contributed by atoms with Crippen molar-refractivity contribution in [1.82, 2.24) is 10.3 Å². The standard InChI is InChI=1S/C11H8FN3O3S/c12-10-2-1-7(15(17)18)3-9(10)11(16)14-5-8-4-13-6-19-8/h1-4,6H,5H2,(H,14,16). The highest BCUT2D eigenvalue weighted by Crippen LogP contribution is 2.17. The van der Waals surface area contributed by atoms with Gasteiger partial charge in [0, 0.05) is 23.2 Å². The van der Waals surface area contributed by atoms with E-state index in [1.54, 1.807) is 11.7 Å². The molecule has 0 bridgehead atoms. The van der Waals surface area contributed by atoms with E-state index in [-0.39, 0.29) is 17.8 Å². The van der Waals surface area contributed by atoms with Crippen LogP contribution in [-0.4, -0.2) is 15.8 Å². The molecule has 0 spiro atoms. The molecule has 0 fully saturated rings. The number of halogens is 1. The number of nitro groups is 1. The van der Waals surface area contributed by atoms with Crippen LogP contribution in [0, 0.1) is 15.9 Å². The zero-order chi connectivity index (χ0) is 13.8. The molecule has 2 rings (SSSR count). The van der Waals surface area contributed by atoms with Gasteiger partial charge in [-0.05, 0) is 6.07 Å². The predicted octanol–water partition coefficient (Wildman–Crippen LogP) is 2.12. The zero-order valence-electron chi connectivity index (χ0n) is 9.50. The maximum atomic E-state index is 13.5. The maximum Gasteiger partial charge on any atom is 0.270 e. The normalized spacial score (nSPS) is 10.2. The lowest BCUT2D eigenvalue weighted by molar-refractivity contribution is -0.384. The smallest absolute Gasteiger partial charge is 0.270 e. The van der Waals surface area contributed by atoms with E-state index in [2.05, 4.69) is 10.3 Å². The fourth-order valence-corrected chi connectivity index (χ4v) is 1.93. The number of thiazole rings is 1. The second kappa shape index (κ2) is 5.53. The lowest BCUT2D eigenvalue weighted by atomic mass is 10.1. The Bertz CT molecular complexity index is 616. The van der Waals surface area contributed by atoms with Gasteiger partial charge >= 0.3 is 0 Å². The topological polar surface area (TPSA) is 85.1 Å². The van der Waals surface area contributed by atoms with Crippen LogP contribution in [0.15, 0.2) is 29.9 Å². The van der Waals surface area contributed by atoms with Crippen molar-refractivity contribution in [2.75, 3.05) is 0 Å². The Morgan fingerprint density at radius 3 is 2.95 bits per heavy atom. The van der Waals surface area contributed by atoms with E-state index >= 15 is 0 Å². The molecule has 1 aromatic carbocycles. The summed E-state index contributed by atoms with van der Waals surface area (Å²) in [7, 11) is 0. The van der Waals surface area contributed by atoms with E-state index in [1.807, 2.05) is 0 Å². The van der Waals surface area contributed by atoms with Gasteiger partial charge in [-0.1, -0.05) is 0 Å². The third kappa shape index (κ3) is 3.10. The molecule has 98 valence electrons. The quantitative estimate of drug-likeness (QED) is 0.687. The first kappa shape index (κ1) is 13.1. The largest absolute Gasteiger partial charge is 0.347 e. The van der Waals surface area contributed by atoms with Crippen molar-refractivity contribution in [2.45, 2.75) is 6.54 Å². The number of nitrogens with one attached hydrogen (secondary N) is 1. The van der Waals surface area contributed by atoms with Gasteiger partial charge in [0.25, 0.3) is 11.6 Å². The monoisotopic (exact) mass is 281 g/mol.